The summed E-state index contributed by atoms with van der Waals surface area (Å²) in [4.78, 5) is 0. The SMILES string of the molecule is CC1CCC(C(C)C)C(C2(C)NN(C)C(C)(C3CC(C)CCC3C(C)C)C2(B2OC(C)(C)C(C)(C)O2)C2CC(C)CCC2C(C)C)C1. The van der Waals surface area contributed by atoms with Crippen LogP contribution < -0.4 is 5.43 Å². The van der Waals surface area contributed by atoms with Crippen LogP contribution in [0, 0.1) is 71.0 Å². The van der Waals surface area contributed by atoms with E-state index in [9.17, 15) is 0 Å². The summed E-state index contributed by atoms with van der Waals surface area (Å²) in [6.07, 6.45) is 11.9. The standard InChI is InChI=1S/C42H79BN2O2/c1-26(2)32-20-17-29(7)23-35(32)40(14)42(43-46-38(10,11)39(12,13)47-43,37-25-31(9)19-22-34(37)28(5)6)41(15,45(16)44-40)36-24-30(8)18-21-33(36)27(3)4/h26-37,44H,17-25H2,1-16H3. The molecule has 47 heavy (non-hydrogen) atoms. The fraction of sp³-hybridized carbons (Fsp3) is 1.00. The fourth-order valence-corrected chi connectivity index (χ4v) is 13.2. The van der Waals surface area contributed by atoms with Crippen LogP contribution in [0.1, 0.15) is 162 Å². The van der Waals surface area contributed by atoms with Gasteiger partial charge >= 0.3 is 7.12 Å². The predicted octanol–water partition coefficient (Wildman–Crippen LogP) is 10.9. The third-order valence-electron chi connectivity index (χ3n) is 16.5. The Morgan fingerprint density at radius 2 is 0.936 bits per heavy atom. The Bertz CT molecular complexity index is 1070. The van der Waals surface area contributed by atoms with Crippen LogP contribution in [0.3, 0.4) is 0 Å². The molecular formula is C42H79BN2O2. The first kappa shape index (κ1) is 38.1. The average molecular weight is 655 g/mol. The van der Waals surface area contributed by atoms with E-state index >= 15 is 0 Å². The van der Waals surface area contributed by atoms with Crippen molar-refractivity contribution in [2.24, 2.45) is 71.0 Å². The van der Waals surface area contributed by atoms with Gasteiger partial charge in [0.05, 0.1) is 11.2 Å². The molecule has 0 aromatic rings. The van der Waals surface area contributed by atoms with Crippen LogP contribution in [0.4, 0.5) is 0 Å². The molecule has 0 aromatic heterocycles. The molecule has 272 valence electrons. The second-order valence-corrected chi connectivity index (χ2v) is 20.8. The monoisotopic (exact) mass is 655 g/mol. The first-order valence-corrected chi connectivity index (χ1v) is 20.5. The van der Waals surface area contributed by atoms with Crippen LogP contribution in [0.2, 0.25) is 5.31 Å². The summed E-state index contributed by atoms with van der Waals surface area (Å²) in [6.45, 7) is 37.5. The van der Waals surface area contributed by atoms with Crippen molar-refractivity contribution in [3.8, 4) is 0 Å². The van der Waals surface area contributed by atoms with Gasteiger partial charge < -0.3 is 9.31 Å². The lowest BCUT2D eigenvalue weighted by Gasteiger charge is -2.65. The minimum absolute atomic E-state index is 0.149. The van der Waals surface area contributed by atoms with E-state index in [0.29, 0.717) is 59.2 Å². The van der Waals surface area contributed by atoms with Gasteiger partial charge in [-0.05, 0) is 151 Å². The second kappa shape index (κ2) is 13.1. The number of nitrogens with one attached hydrogen (secondary N) is 1. The maximum absolute atomic E-state index is 7.65. The van der Waals surface area contributed by atoms with Crippen LogP contribution in [0.15, 0.2) is 0 Å². The van der Waals surface area contributed by atoms with Crippen LogP contribution in [-0.4, -0.2) is 41.5 Å². The lowest BCUT2D eigenvalue weighted by Crippen LogP contribution is -2.70. The van der Waals surface area contributed by atoms with E-state index in [1.807, 2.05) is 0 Å². The number of hydrazine groups is 1. The third kappa shape index (κ3) is 5.86. The minimum atomic E-state index is -0.379. The largest absolute Gasteiger partial charge is 0.468 e. The molecule has 5 fully saturated rings. The molecule has 12 unspecified atom stereocenters. The highest BCUT2D eigenvalue weighted by Crippen LogP contribution is 2.75. The van der Waals surface area contributed by atoms with Gasteiger partial charge in [0, 0.05) is 23.4 Å². The Balaban J connectivity index is 1.90. The van der Waals surface area contributed by atoms with Gasteiger partial charge in [0.15, 0.2) is 0 Å². The molecule has 2 saturated heterocycles. The molecule has 3 aliphatic carbocycles. The highest BCUT2D eigenvalue weighted by molar-refractivity contribution is 6.51. The van der Waals surface area contributed by atoms with Crippen LogP contribution in [0.25, 0.3) is 0 Å². The van der Waals surface area contributed by atoms with Gasteiger partial charge in [0.25, 0.3) is 0 Å². The molecule has 0 spiro atoms. The molecule has 2 heterocycles. The smallest absolute Gasteiger partial charge is 0.403 e. The third-order valence-corrected chi connectivity index (χ3v) is 16.5. The predicted molar refractivity (Wildman–Crippen MR) is 201 cm³/mol. The molecule has 0 amide bonds. The second-order valence-electron chi connectivity index (χ2n) is 20.8. The Hall–Kier alpha value is -0.0951. The van der Waals surface area contributed by atoms with E-state index in [-0.39, 0.29) is 34.7 Å². The first-order valence-electron chi connectivity index (χ1n) is 20.5. The maximum Gasteiger partial charge on any atom is 0.468 e. The van der Waals surface area contributed by atoms with Gasteiger partial charge in [0.2, 0.25) is 0 Å². The molecule has 4 nitrogen and oxygen atoms in total. The van der Waals surface area contributed by atoms with Crippen molar-refractivity contribution in [2.45, 2.75) is 189 Å². The first-order chi connectivity index (χ1) is 21.7. The zero-order valence-corrected chi connectivity index (χ0v) is 34.1. The van der Waals surface area contributed by atoms with Gasteiger partial charge in [-0.25, -0.2) is 10.4 Å². The Morgan fingerprint density at radius 3 is 1.36 bits per heavy atom. The van der Waals surface area contributed by atoms with Gasteiger partial charge in [-0.3, -0.25) is 0 Å². The summed E-state index contributed by atoms with van der Waals surface area (Å²) in [5, 5.41) is 2.48. The summed E-state index contributed by atoms with van der Waals surface area (Å²) < 4.78 is 15.3. The molecule has 5 rings (SSSR count). The molecule has 5 aliphatic rings. The minimum Gasteiger partial charge on any atom is -0.403 e. The quantitative estimate of drug-likeness (QED) is 0.277. The van der Waals surface area contributed by atoms with E-state index in [0.717, 1.165) is 11.8 Å². The highest BCUT2D eigenvalue weighted by Gasteiger charge is 2.82. The van der Waals surface area contributed by atoms with Crippen molar-refractivity contribution in [1.29, 1.82) is 0 Å². The van der Waals surface area contributed by atoms with Gasteiger partial charge in [-0.2, -0.15) is 0 Å². The Labute approximate surface area is 293 Å². The lowest BCUT2D eigenvalue weighted by molar-refractivity contribution is -0.0722. The van der Waals surface area contributed by atoms with Crippen molar-refractivity contribution < 1.29 is 9.31 Å². The van der Waals surface area contributed by atoms with Gasteiger partial charge in [-0.15, -0.1) is 0 Å². The summed E-state index contributed by atoms with van der Waals surface area (Å²) in [5.74, 6) is 7.78. The van der Waals surface area contributed by atoms with Gasteiger partial charge in [0.1, 0.15) is 0 Å². The molecular weight excluding hydrogens is 575 g/mol. The number of hydrogen-bond acceptors (Lipinski definition) is 4. The van der Waals surface area contributed by atoms with E-state index in [4.69, 9.17) is 9.31 Å². The Morgan fingerprint density at radius 1 is 0.574 bits per heavy atom. The molecule has 0 bridgehead atoms. The van der Waals surface area contributed by atoms with E-state index in [1.54, 1.807) is 0 Å². The molecule has 1 N–H and O–H groups in total. The van der Waals surface area contributed by atoms with Gasteiger partial charge in [-0.1, -0.05) is 81.6 Å². The molecule has 3 saturated carbocycles. The van der Waals surface area contributed by atoms with Crippen molar-refractivity contribution in [2.75, 3.05) is 7.05 Å². The zero-order valence-electron chi connectivity index (χ0n) is 34.1. The zero-order chi connectivity index (χ0) is 35.1. The Kier molecular flexibility index (Phi) is 10.7. The summed E-state index contributed by atoms with van der Waals surface area (Å²) in [5.41, 5.74) is 3.45. The van der Waals surface area contributed by atoms with Crippen LogP contribution in [-0.2, 0) is 9.31 Å². The van der Waals surface area contributed by atoms with Crippen molar-refractivity contribution >= 4 is 7.12 Å². The number of nitrogens with zero attached hydrogens (tertiary/aromatic N) is 1. The van der Waals surface area contributed by atoms with Crippen molar-refractivity contribution in [3.63, 3.8) is 0 Å². The van der Waals surface area contributed by atoms with E-state index in [1.165, 1.54) is 57.8 Å². The molecule has 0 aromatic carbocycles. The van der Waals surface area contributed by atoms with E-state index in [2.05, 4.69) is 121 Å². The van der Waals surface area contributed by atoms with Crippen LogP contribution in [0.5, 0.6) is 0 Å². The van der Waals surface area contributed by atoms with Crippen LogP contribution >= 0.6 is 0 Å². The lowest BCUT2D eigenvalue weighted by atomic mass is 9.30. The molecule has 12 atom stereocenters. The maximum atomic E-state index is 7.65. The highest BCUT2D eigenvalue weighted by atomic mass is 16.7. The number of rotatable bonds is 7. The fourth-order valence-electron chi connectivity index (χ4n) is 13.2. The summed E-state index contributed by atoms with van der Waals surface area (Å²) in [7, 11) is 2.18. The average Bonchev–Trinajstić information content (AvgIpc) is 3.29. The normalized spacial score (nSPS) is 47.8. The van der Waals surface area contributed by atoms with E-state index < -0.39 is 0 Å². The summed E-state index contributed by atoms with van der Waals surface area (Å²) >= 11 is 0. The summed E-state index contributed by atoms with van der Waals surface area (Å²) in [6, 6.07) is 0. The topological polar surface area (TPSA) is 33.7 Å². The molecule has 5 heteroatoms. The van der Waals surface area contributed by atoms with Crippen molar-refractivity contribution in [3.05, 3.63) is 0 Å². The molecule has 0 radical (unpaired) electrons. The van der Waals surface area contributed by atoms with Crippen molar-refractivity contribution in [1.82, 2.24) is 10.4 Å². The number of hydrogen-bond donors (Lipinski definition) is 1. The molecule has 2 aliphatic heterocycles.